The molecule has 0 bridgehead atoms. The number of methoxy groups -OCH3 is 1. The zero-order valence-corrected chi connectivity index (χ0v) is 16.9. The van der Waals surface area contributed by atoms with Gasteiger partial charge in [0.05, 0.1) is 24.4 Å². The van der Waals surface area contributed by atoms with E-state index in [0.29, 0.717) is 6.61 Å². The molecule has 0 spiro atoms. The molecule has 1 aromatic carbocycles. The molecule has 4 rings (SSSR count). The van der Waals surface area contributed by atoms with Crippen LogP contribution in [0.5, 0.6) is 0 Å². The lowest BCUT2D eigenvalue weighted by molar-refractivity contribution is 0.163. The molecule has 0 radical (unpaired) electrons. The third-order valence-corrected chi connectivity index (χ3v) is 5.54. The van der Waals surface area contributed by atoms with Crippen molar-refractivity contribution in [1.82, 2.24) is 19.8 Å². The van der Waals surface area contributed by atoms with Gasteiger partial charge in [-0.05, 0) is 55.0 Å². The molecule has 1 saturated heterocycles. The van der Waals surface area contributed by atoms with Gasteiger partial charge in [-0.15, -0.1) is 0 Å². The van der Waals surface area contributed by atoms with Gasteiger partial charge in [0.2, 0.25) is 0 Å². The van der Waals surface area contributed by atoms with Crippen LogP contribution in [0.15, 0.2) is 67.0 Å². The smallest absolute Gasteiger partial charge is 0.170 e. The van der Waals surface area contributed by atoms with Gasteiger partial charge in [0.15, 0.2) is 5.11 Å². The first-order valence-electron chi connectivity index (χ1n) is 9.41. The molecule has 1 fully saturated rings. The first kappa shape index (κ1) is 18.7. The topological polar surface area (TPSA) is 42.3 Å². The maximum Gasteiger partial charge on any atom is 0.170 e. The predicted molar refractivity (Wildman–Crippen MR) is 115 cm³/mol. The summed E-state index contributed by atoms with van der Waals surface area (Å²) in [5.74, 6) is 0. The molecule has 1 aliphatic rings. The molecule has 0 saturated carbocycles. The van der Waals surface area contributed by atoms with Gasteiger partial charge in [-0.1, -0.05) is 24.3 Å². The van der Waals surface area contributed by atoms with E-state index in [4.69, 9.17) is 17.0 Å². The van der Waals surface area contributed by atoms with Crippen molar-refractivity contribution in [1.29, 1.82) is 0 Å². The molecular formula is C22H24N4OS. The van der Waals surface area contributed by atoms with Gasteiger partial charge in [0, 0.05) is 37.4 Å². The highest BCUT2D eigenvalue weighted by atomic mass is 32.1. The summed E-state index contributed by atoms with van der Waals surface area (Å²) < 4.78 is 7.60. The summed E-state index contributed by atoms with van der Waals surface area (Å²) in [6, 6.07) is 18.7. The van der Waals surface area contributed by atoms with Crippen LogP contribution in [0, 0.1) is 6.92 Å². The number of pyridine rings is 1. The van der Waals surface area contributed by atoms with E-state index in [-0.39, 0.29) is 12.1 Å². The van der Waals surface area contributed by atoms with Crippen LogP contribution in [-0.2, 0) is 4.74 Å². The second kappa shape index (κ2) is 8.12. The number of thiocarbonyl (C=S) groups is 1. The van der Waals surface area contributed by atoms with Crippen molar-refractivity contribution < 1.29 is 4.74 Å². The van der Waals surface area contributed by atoms with E-state index in [1.54, 1.807) is 7.11 Å². The Labute approximate surface area is 171 Å². The Morgan fingerprint density at radius 1 is 1.11 bits per heavy atom. The molecule has 1 aliphatic heterocycles. The van der Waals surface area contributed by atoms with Crippen molar-refractivity contribution in [2.45, 2.75) is 19.0 Å². The molecule has 0 unspecified atom stereocenters. The average Bonchev–Trinajstić information content (AvgIpc) is 3.31. The molecule has 0 amide bonds. The van der Waals surface area contributed by atoms with Crippen LogP contribution < -0.4 is 5.32 Å². The zero-order valence-electron chi connectivity index (χ0n) is 16.1. The number of aromatic nitrogens is 2. The van der Waals surface area contributed by atoms with E-state index in [1.807, 2.05) is 24.4 Å². The molecule has 6 heteroatoms. The minimum absolute atomic E-state index is 0.0205. The van der Waals surface area contributed by atoms with Crippen LogP contribution in [0.1, 0.15) is 29.0 Å². The number of nitrogens with one attached hydrogen (secondary N) is 1. The lowest BCUT2D eigenvalue weighted by Gasteiger charge is -2.29. The van der Waals surface area contributed by atoms with Gasteiger partial charge in [-0.2, -0.15) is 0 Å². The molecule has 0 aliphatic carbocycles. The van der Waals surface area contributed by atoms with Crippen molar-refractivity contribution in [2.24, 2.45) is 0 Å². The summed E-state index contributed by atoms with van der Waals surface area (Å²) >= 11 is 5.69. The molecule has 144 valence electrons. The molecular weight excluding hydrogens is 368 g/mol. The lowest BCUT2D eigenvalue weighted by atomic mass is 10.0. The first-order chi connectivity index (χ1) is 13.7. The second-order valence-corrected chi connectivity index (χ2v) is 7.29. The number of hydrogen-bond acceptors (Lipinski definition) is 3. The van der Waals surface area contributed by atoms with E-state index in [2.05, 4.69) is 69.3 Å². The van der Waals surface area contributed by atoms with E-state index >= 15 is 0 Å². The van der Waals surface area contributed by atoms with Crippen molar-refractivity contribution >= 4 is 17.3 Å². The number of aryl methyl sites for hydroxylation is 1. The van der Waals surface area contributed by atoms with Crippen LogP contribution in [0.2, 0.25) is 0 Å². The molecule has 5 nitrogen and oxygen atoms in total. The van der Waals surface area contributed by atoms with E-state index in [1.165, 1.54) is 16.9 Å². The number of benzene rings is 1. The monoisotopic (exact) mass is 392 g/mol. The Kier molecular flexibility index (Phi) is 5.41. The van der Waals surface area contributed by atoms with E-state index in [0.717, 1.165) is 17.4 Å². The van der Waals surface area contributed by atoms with Crippen LogP contribution in [0.25, 0.3) is 5.69 Å². The summed E-state index contributed by atoms with van der Waals surface area (Å²) in [5, 5.41) is 4.22. The molecule has 3 aromatic rings. The predicted octanol–water partition coefficient (Wildman–Crippen LogP) is 3.80. The highest BCUT2D eigenvalue weighted by Crippen LogP contribution is 2.39. The summed E-state index contributed by atoms with van der Waals surface area (Å²) in [4.78, 5) is 6.81. The average molecular weight is 393 g/mol. The van der Waals surface area contributed by atoms with Gasteiger partial charge in [0.25, 0.3) is 0 Å². The summed E-state index contributed by atoms with van der Waals surface area (Å²) in [7, 11) is 1.72. The zero-order chi connectivity index (χ0) is 19.5. The molecule has 1 N–H and O–H groups in total. The third kappa shape index (κ3) is 3.41. The maximum atomic E-state index is 5.69. The Bertz CT molecular complexity index is 956. The minimum Gasteiger partial charge on any atom is -0.383 e. The normalized spacial score (nSPS) is 19.1. The maximum absolute atomic E-state index is 5.69. The quantitative estimate of drug-likeness (QED) is 0.647. The van der Waals surface area contributed by atoms with Crippen molar-refractivity contribution in [2.75, 3.05) is 20.3 Å². The number of rotatable bonds is 6. The fourth-order valence-electron chi connectivity index (χ4n) is 3.85. The number of ether oxygens (including phenoxy) is 1. The fraction of sp³-hybridized carbons (Fsp3) is 0.273. The van der Waals surface area contributed by atoms with E-state index < -0.39 is 0 Å². The first-order valence-corrected chi connectivity index (χ1v) is 9.82. The third-order valence-electron chi connectivity index (χ3n) is 5.19. The highest BCUT2D eigenvalue weighted by Gasteiger charge is 2.41. The summed E-state index contributed by atoms with van der Waals surface area (Å²) in [5.41, 5.74) is 4.55. The summed E-state index contributed by atoms with van der Waals surface area (Å²) in [6.45, 7) is 3.46. The molecule has 2 atom stereocenters. The fourth-order valence-corrected chi connectivity index (χ4v) is 4.18. The molecule has 28 heavy (non-hydrogen) atoms. The minimum atomic E-state index is -0.0248. The van der Waals surface area contributed by atoms with Crippen LogP contribution in [0.4, 0.5) is 0 Å². The van der Waals surface area contributed by atoms with Crippen molar-refractivity contribution in [3.05, 3.63) is 83.9 Å². The van der Waals surface area contributed by atoms with Gasteiger partial charge in [0.1, 0.15) is 0 Å². The second-order valence-electron chi connectivity index (χ2n) is 6.90. The SMILES string of the molecule is COCCN1C(=S)N[C@@H](c2ccccn2)[C@@H]1c1cccn1-c1ccccc1C. The van der Waals surface area contributed by atoms with E-state index in [9.17, 15) is 0 Å². The summed E-state index contributed by atoms with van der Waals surface area (Å²) in [6.07, 6.45) is 3.94. The Morgan fingerprint density at radius 2 is 1.93 bits per heavy atom. The number of hydrogen-bond donors (Lipinski definition) is 1. The van der Waals surface area contributed by atoms with Crippen molar-refractivity contribution in [3.63, 3.8) is 0 Å². The number of para-hydroxylation sites is 1. The Hall–Kier alpha value is -2.70. The standard InChI is InChI=1S/C22H24N4OS/c1-16-8-3-4-10-18(16)25-13-7-11-19(25)21-20(17-9-5-6-12-23-17)24-22(28)26(21)14-15-27-2/h3-13,20-21H,14-15H2,1-2H3,(H,24,28)/t20-,21-/m0/s1. The Morgan fingerprint density at radius 3 is 2.68 bits per heavy atom. The van der Waals surface area contributed by atoms with Crippen LogP contribution in [0.3, 0.4) is 0 Å². The van der Waals surface area contributed by atoms with Crippen molar-refractivity contribution in [3.8, 4) is 5.69 Å². The van der Waals surface area contributed by atoms with Gasteiger partial charge >= 0.3 is 0 Å². The van der Waals surface area contributed by atoms with Crippen LogP contribution in [-0.4, -0.2) is 39.8 Å². The van der Waals surface area contributed by atoms with Gasteiger partial charge in [-0.25, -0.2) is 0 Å². The highest BCUT2D eigenvalue weighted by molar-refractivity contribution is 7.80. The molecule has 3 heterocycles. The Balaban J connectivity index is 1.81. The largest absolute Gasteiger partial charge is 0.383 e. The lowest BCUT2D eigenvalue weighted by Crippen LogP contribution is -2.33. The van der Waals surface area contributed by atoms with Gasteiger partial charge in [-0.3, -0.25) is 4.98 Å². The van der Waals surface area contributed by atoms with Crippen LogP contribution >= 0.6 is 12.2 Å². The number of nitrogens with zero attached hydrogens (tertiary/aromatic N) is 3. The van der Waals surface area contributed by atoms with Gasteiger partial charge < -0.3 is 19.5 Å². The molecule has 2 aromatic heterocycles.